The number of Topliss-reactive ketones (excluding diaryl/α,β-unsaturated/α-hetero) is 1. The van der Waals surface area contributed by atoms with E-state index in [9.17, 15) is 13.6 Å². The van der Waals surface area contributed by atoms with Crippen molar-refractivity contribution in [1.82, 2.24) is 0 Å². The van der Waals surface area contributed by atoms with Crippen LogP contribution in [-0.4, -0.2) is 21.2 Å². The minimum atomic E-state index is -2.48. The van der Waals surface area contributed by atoms with E-state index < -0.39 is 11.4 Å². The molecule has 0 aliphatic carbocycles. The molecule has 4 nitrogen and oxygen atoms in total. The molecule has 1 unspecified atom stereocenters. The van der Waals surface area contributed by atoms with Crippen molar-refractivity contribution in [3.8, 4) is 0 Å². The molecule has 0 saturated carbocycles. The molecule has 0 aliphatic heterocycles. The summed E-state index contributed by atoms with van der Waals surface area (Å²) in [6.07, 6.45) is 0.147. The second-order valence-corrected chi connectivity index (χ2v) is 2.12. The van der Waals surface area contributed by atoms with Gasteiger partial charge in [0.1, 0.15) is 5.78 Å². The molecule has 0 bridgehead atoms. The van der Waals surface area contributed by atoms with Gasteiger partial charge in [0.05, 0.1) is 18.0 Å². The molecule has 0 heterocycles. The quantitative estimate of drug-likeness (QED) is 0.521. The third-order valence-electron chi connectivity index (χ3n) is 0.634. The minimum Gasteiger partial charge on any atom is -0.750 e. The molecule has 5 heteroatoms. The van der Waals surface area contributed by atoms with Gasteiger partial charge in [0.25, 0.3) is 0 Å². The van der Waals surface area contributed by atoms with Crippen molar-refractivity contribution >= 4 is 17.1 Å². The molecule has 0 fully saturated rings. The Morgan fingerprint density at radius 3 is 2.67 bits per heavy atom. The van der Waals surface area contributed by atoms with E-state index in [0.717, 1.165) is 0 Å². The molecule has 0 N–H and O–H groups in total. The average molecular weight is 151 g/mol. The van der Waals surface area contributed by atoms with Gasteiger partial charge in [0.2, 0.25) is 0 Å². The maximum atomic E-state index is 10.1. The summed E-state index contributed by atoms with van der Waals surface area (Å²) in [6.45, 7) is 1.32. The molecular weight excluding hydrogens is 144 g/mol. The monoisotopic (exact) mass is 151 g/mol. The first kappa shape index (κ1) is 8.74. The summed E-state index contributed by atoms with van der Waals surface area (Å²) in [5, 5.41) is 0. The zero-order chi connectivity index (χ0) is 7.28. The van der Waals surface area contributed by atoms with Crippen LogP contribution in [-0.2, 0) is 20.3 Å². The maximum Gasteiger partial charge on any atom is 0.132 e. The van der Waals surface area contributed by atoms with Gasteiger partial charge in [-0.05, 0) is 6.92 Å². The van der Waals surface area contributed by atoms with Crippen LogP contribution in [0.2, 0.25) is 0 Å². The third-order valence-corrected chi connectivity index (χ3v) is 0.993. The third kappa shape index (κ3) is 7.74. The lowest BCUT2D eigenvalue weighted by Gasteiger charge is -2.02. The molecule has 0 aromatic carbocycles. The number of hydrogen-bond donors (Lipinski definition) is 0. The Balaban J connectivity index is 3.10. The van der Waals surface area contributed by atoms with Crippen LogP contribution >= 0.6 is 0 Å². The van der Waals surface area contributed by atoms with Gasteiger partial charge in [-0.2, -0.15) is 0 Å². The highest BCUT2D eigenvalue weighted by molar-refractivity contribution is 7.74. The first-order chi connectivity index (χ1) is 4.13. The van der Waals surface area contributed by atoms with Crippen molar-refractivity contribution < 1.29 is 17.7 Å². The van der Waals surface area contributed by atoms with E-state index in [-0.39, 0.29) is 18.8 Å². The summed E-state index contributed by atoms with van der Waals surface area (Å²) in [6, 6.07) is 0. The first-order valence-corrected chi connectivity index (χ1v) is 3.35. The lowest BCUT2D eigenvalue weighted by molar-refractivity contribution is -0.117. The molecule has 54 valence electrons. The van der Waals surface area contributed by atoms with E-state index in [2.05, 4.69) is 4.18 Å². The van der Waals surface area contributed by atoms with Crippen LogP contribution in [0, 0.1) is 0 Å². The molecule has 0 aromatic rings. The van der Waals surface area contributed by atoms with Gasteiger partial charge < -0.3 is 8.74 Å². The minimum absolute atomic E-state index is 0.0502. The molecule has 0 saturated heterocycles. The van der Waals surface area contributed by atoms with Gasteiger partial charge in [-0.25, -0.2) is 4.21 Å². The Morgan fingerprint density at radius 2 is 2.33 bits per heavy atom. The highest BCUT2D eigenvalue weighted by Gasteiger charge is 1.91. The summed E-state index contributed by atoms with van der Waals surface area (Å²) in [5.41, 5.74) is 0. The molecule has 0 spiro atoms. The molecule has 1 atom stereocenters. The van der Waals surface area contributed by atoms with E-state index in [1.807, 2.05) is 0 Å². The molecular formula is C4H7O4S-. The number of carbonyl (C=O) groups is 1. The van der Waals surface area contributed by atoms with Crippen LogP contribution in [0.25, 0.3) is 0 Å². The van der Waals surface area contributed by atoms with Crippen molar-refractivity contribution in [2.45, 2.75) is 13.3 Å². The fourth-order valence-electron chi connectivity index (χ4n) is 0.253. The van der Waals surface area contributed by atoms with E-state index >= 15 is 0 Å². The van der Waals surface area contributed by atoms with Gasteiger partial charge in [0, 0.05) is 6.42 Å². The predicted molar refractivity (Wildman–Crippen MR) is 30.2 cm³/mol. The van der Waals surface area contributed by atoms with Crippen LogP contribution in [0.1, 0.15) is 13.3 Å². The lowest BCUT2D eigenvalue weighted by atomic mass is 10.3. The average Bonchev–Trinajstić information content (AvgIpc) is 1.63. The van der Waals surface area contributed by atoms with E-state index in [4.69, 9.17) is 0 Å². The Kier molecular flexibility index (Phi) is 4.47. The highest BCUT2D eigenvalue weighted by atomic mass is 32.2. The first-order valence-electron chi connectivity index (χ1n) is 2.35. The van der Waals surface area contributed by atoms with E-state index in [1.54, 1.807) is 0 Å². The summed E-state index contributed by atoms with van der Waals surface area (Å²) in [7, 11) is 0. The molecule has 9 heavy (non-hydrogen) atoms. The number of hydrogen-bond acceptors (Lipinski definition) is 4. The summed E-state index contributed by atoms with van der Waals surface area (Å²) in [5.74, 6) is -0.0829. The van der Waals surface area contributed by atoms with Crippen molar-refractivity contribution in [2.75, 3.05) is 6.61 Å². The van der Waals surface area contributed by atoms with Crippen molar-refractivity contribution in [2.24, 2.45) is 0 Å². The van der Waals surface area contributed by atoms with Crippen LogP contribution in [0.5, 0.6) is 0 Å². The Morgan fingerprint density at radius 1 is 1.78 bits per heavy atom. The Hall–Kier alpha value is -0.260. The molecule has 0 aliphatic rings. The van der Waals surface area contributed by atoms with E-state index in [0.29, 0.717) is 0 Å². The van der Waals surface area contributed by atoms with Gasteiger partial charge >= 0.3 is 0 Å². The maximum absolute atomic E-state index is 10.1. The molecule has 0 amide bonds. The summed E-state index contributed by atoms with van der Waals surface area (Å²) >= 11 is -2.48. The molecule has 0 aromatic heterocycles. The topological polar surface area (TPSA) is 66.4 Å². The SMILES string of the molecule is CC(=O)CCOS(=O)[O-]. The largest absolute Gasteiger partial charge is 0.750 e. The molecule has 0 radical (unpaired) electrons. The Labute approximate surface area is 55.7 Å². The van der Waals surface area contributed by atoms with Crippen molar-refractivity contribution in [3.63, 3.8) is 0 Å². The second kappa shape index (κ2) is 4.60. The zero-order valence-corrected chi connectivity index (χ0v) is 5.77. The second-order valence-electron chi connectivity index (χ2n) is 1.48. The fraction of sp³-hybridized carbons (Fsp3) is 0.750. The van der Waals surface area contributed by atoms with Crippen molar-refractivity contribution in [3.05, 3.63) is 0 Å². The standard InChI is InChI=1S/C4H8O4S/c1-4(5)2-3-8-9(6)7/h2-3H2,1H3,(H,6,7)/p-1. The van der Waals surface area contributed by atoms with Gasteiger partial charge in [-0.1, -0.05) is 0 Å². The van der Waals surface area contributed by atoms with Gasteiger partial charge in [-0.15, -0.1) is 0 Å². The smallest absolute Gasteiger partial charge is 0.132 e. The van der Waals surface area contributed by atoms with Gasteiger partial charge in [-0.3, -0.25) is 4.79 Å². The zero-order valence-electron chi connectivity index (χ0n) is 4.96. The summed E-state index contributed by atoms with van der Waals surface area (Å²) in [4.78, 5) is 10.1. The van der Waals surface area contributed by atoms with Crippen molar-refractivity contribution in [1.29, 1.82) is 0 Å². The number of carbonyl (C=O) groups excluding carboxylic acids is 1. The van der Waals surface area contributed by atoms with Crippen LogP contribution in [0.15, 0.2) is 0 Å². The number of ketones is 1. The fourth-order valence-corrected chi connectivity index (χ4v) is 0.473. The number of rotatable bonds is 4. The summed E-state index contributed by atoms with van der Waals surface area (Å²) < 4.78 is 23.3. The highest BCUT2D eigenvalue weighted by Crippen LogP contribution is 1.85. The van der Waals surface area contributed by atoms with Gasteiger partial charge in [0.15, 0.2) is 0 Å². The molecule has 0 rings (SSSR count). The van der Waals surface area contributed by atoms with Crippen LogP contribution in [0.4, 0.5) is 0 Å². The van der Waals surface area contributed by atoms with Crippen LogP contribution < -0.4 is 0 Å². The van der Waals surface area contributed by atoms with E-state index in [1.165, 1.54) is 6.92 Å². The van der Waals surface area contributed by atoms with Crippen LogP contribution in [0.3, 0.4) is 0 Å². The normalized spacial score (nSPS) is 13.1. The predicted octanol–water partition coefficient (Wildman–Crippen LogP) is -0.224. The Bertz CT molecular complexity index is 108. The lowest BCUT2D eigenvalue weighted by Crippen LogP contribution is -2.01.